The fourth-order valence-electron chi connectivity index (χ4n) is 6.28. The van der Waals surface area contributed by atoms with E-state index in [1.807, 2.05) is 48.5 Å². The van der Waals surface area contributed by atoms with E-state index >= 15 is 0 Å². The summed E-state index contributed by atoms with van der Waals surface area (Å²) in [5.74, 6) is 2.18. The average molecular weight is 738 g/mol. The van der Waals surface area contributed by atoms with Crippen LogP contribution >= 0.6 is 0 Å². The SMILES string of the molecule is COc1ccc(CCN(C)CCCC(C#N)(c2ccc(OC)c(OC)c2)C(C)C)cc1OC.O=C(Cn1c(=O)oc2ccccc21)NCc1ccccn1. The van der Waals surface area contributed by atoms with Crippen molar-refractivity contribution >= 4 is 17.0 Å². The highest BCUT2D eigenvalue weighted by Crippen LogP contribution is 2.40. The molecule has 2 heterocycles. The van der Waals surface area contributed by atoms with Gasteiger partial charge in [0.1, 0.15) is 6.54 Å². The number of aromatic nitrogens is 2. The second kappa shape index (κ2) is 19.9. The van der Waals surface area contributed by atoms with Gasteiger partial charge in [-0.3, -0.25) is 14.3 Å². The number of benzene rings is 3. The Kier molecular flexibility index (Phi) is 15.1. The van der Waals surface area contributed by atoms with Crippen LogP contribution in [0.4, 0.5) is 0 Å². The molecule has 3 aromatic carbocycles. The molecule has 54 heavy (non-hydrogen) atoms. The maximum absolute atomic E-state index is 11.9. The van der Waals surface area contributed by atoms with Gasteiger partial charge in [0, 0.05) is 12.7 Å². The summed E-state index contributed by atoms with van der Waals surface area (Å²) < 4.78 is 28.0. The van der Waals surface area contributed by atoms with Crippen LogP contribution in [0.3, 0.4) is 0 Å². The van der Waals surface area contributed by atoms with E-state index in [-0.39, 0.29) is 18.4 Å². The molecule has 0 spiro atoms. The van der Waals surface area contributed by atoms with Crippen LogP contribution in [0.1, 0.15) is 43.5 Å². The molecule has 0 aliphatic rings. The van der Waals surface area contributed by atoms with E-state index < -0.39 is 11.2 Å². The van der Waals surface area contributed by atoms with Crippen molar-refractivity contribution < 1.29 is 28.2 Å². The highest BCUT2D eigenvalue weighted by atomic mass is 16.5. The number of fused-ring (bicyclic) bond motifs is 1. The lowest BCUT2D eigenvalue weighted by Gasteiger charge is -2.32. The lowest BCUT2D eigenvalue weighted by molar-refractivity contribution is -0.121. The molecule has 286 valence electrons. The van der Waals surface area contributed by atoms with Crippen LogP contribution in [0.2, 0.25) is 0 Å². The molecule has 1 N–H and O–H groups in total. The molecule has 0 saturated heterocycles. The van der Waals surface area contributed by atoms with Crippen LogP contribution in [0.25, 0.3) is 11.1 Å². The van der Waals surface area contributed by atoms with Gasteiger partial charge in [0.25, 0.3) is 0 Å². The second-order valence-electron chi connectivity index (χ2n) is 13.2. The van der Waals surface area contributed by atoms with Crippen molar-refractivity contribution in [3.05, 3.63) is 112 Å². The largest absolute Gasteiger partial charge is 0.493 e. The lowest BCUT2D eigenvalue weighted by atomic mass is 9.69. The Balaban J connectivity index is 0.000000264. The monoisotopic (exact) mass is 737 g/mol. The molecule has 0 bridgehead atoms. The Morgan fingerprint density at radius 2 is 1.57 bits per heavy atom. The first-order chi connectivity index (χ1) is 26.1. The number of para-hydroxylation sites is 2. The molecular weight excluding hydrogens is 686 g/mol. The summed E-state index contributed by atoms with van der Waals surface area (Å²) >= 11 is 0. The zero-order chi connectivity index (χ0) is 39.1. The first-order valence-electron chi connectivity index (χ1n) is 17.9. The third-order valence-electron chi connectivity index (χ3n) is 9.49. The predicted octanol–water partition coefficient (Wildman–Crippen LogP) is 6.40. The van der Waals surface area contributed by atoms with E-state index in [2.05, 4.69) is 48.2 Å². The van der Waals surface area contributed by atoms with Crippen molar-refractivity contribution in [2.75, 3.05) is 48.6 Å². The van der Waals surface area contributed by atoms with Gasteiger partial charge in [0.2, 0.25) is 5.91 Å². The van der Waals surface area contributed by atoms with E-state index in [1.54, 1.807) is 58.9 Å². The molecule has 5 rings (SSSR count). The number of methoxy groups -OCH3 is 4. The maximum Gasteiger partial charge on any atom is 0.420 e. The van der Waals surface area contributed by atoms with Gasteiger partial charge >= 0.3 is 5.76 Å². The number of carbonyl (C=O) groups is 1. The van der Waals surface area contributed by atoms with Gasteiger partial charge in [-0.25, -0.2) is 4.79 Å². The molecule has 0 aliphatic carbocycles. The molecule has 0 fully saturated rings. The van der Waals surface area contributed by atoms with Crippen molar-refractivity contribution in [2.24, 2.45) is 5.92 Å². The zero-order valence-electron chi connectivity index (χ0n) is 32.3. The minimum absolute atomic E-state index is 0.0807. The summed E-state index contributed by atoms with van der Waals surface area (Å²) in [7, 11) is 8.67. The Morgan fingerprint density at radius 1 is 0.907 bits per heavy atom. The molecule has 12 nitrogen and oxygen atoms in total. The Morgan fingerprint density at radius 3 is 2.22 bits per heavy atom. The van der Waals surface area contributed by atoms with Gasteiger partial charge in [0.15, 0.2) is 28.6 Å². The minimum atomic E-state index is -0.580. The molecule has 0 radical (unpaired) electrons. The molecule has 1 unspecified atom stereocenters. The second-order valence-corrected chi connectivity index (χ2v) is 13.2. The van der Waals surface area contributed by atoms with Gasteiger partial charge in [-0.2, -0.15) is 5.26 Å². The van der Waals surface area contributed by atoms with Crippen LogP contribution in [0, 0.1) is 17.2 Å². The number of nitriles is 1. The van der Waals surface area contributed by atoms with Crippen molar-refractivity contribution in [1.82, 2.24) is 19.8 Å². The Labute approximate surface area is 317 Å². The summed E-state index contributed by atoms with van der Waals surface area (Å²) in [4.78, 5) is 30.1. The number of amides is 1. The summed E-state index contributed by atoms with van der Waals surface area (Å²) in [6.07, 6.45) is 4.27. The van der Waals surface area contributed by atoms with E-state index in [4.69, 9.17) is 23.4 Å². The lowest BCUT2D eigenvalue weighted by Crippen LogP contribution is -2.32. The number of ether oxygens (including phenoxy) is 4. The molecule has 1 amide bonds. The summed E-state index contributed by atoms with van der Waals surface area (Å²) in [6, 6.07) is 27.0. The van der Waals surface area contributed by atoms with E-state index in [1.165, 1.54) is 10.1 Å². The minimum Gasteiger partial charge on any atom is -0.493 e. The van der Waals surface area contributed by atoms with Gasteiger partial charge in [-0.05, 0) is 98.4 Å². The van der Waals surface area contributed by atoms with E-state index in [9.17, 15) is 14.9 Å². The van der Waals surface area contributed by atoms with Crippen LogP contribution < -0.4 is 30.0 Å². The molecule has 0 saturated carbocycles. The van der Waals surface area contributed by atoms with Crippen LogP contribution in [-0.4, -0.2) is 68.9 Å². The summed E-state index contributed by atoms with van der Waals surface area (Å²) in [5.41, 5.74) is 3.44. The van der Waals surface area contributed by atoms with E-state index in [0.717, 1.165) is 55.1 Å². The number of nitrogens with one attached hydrogen (secondary N) is 1. The fourth-order valence-corrected chi connectivity index (χ4v) is 6.28. The molecule has 0 aliphatic heterocycles. The Hall–Kier alpha value is -5.80. The van der Waals surface area contributed by atoms with Gasteiger partial charge < -0.3 is 33.6 Å². The number of carbonyl (C=O) groups excluding carboxylic acids is 1. The fraction of sp³-hybridized carbons (Fsp3) is 0.381. The number of hydrogen-bond donors (Lipinski definition) is 1. The highest BCUT2D eigenvalue weighted by Gasteiger charge is 2.36. The van der Waals surface area contributed by atoms with Crippen molar-refractivity contribution in [1.29, 1.82) is 5.26 Å². The number of rotatable bonds is 17. The Bertz CT molecular complexity index is 2050. The number of likely N-dealkylation sites (N-methyl/N-ethyl adjacent to an activating group) is 1. The van der Waals surface area contributed by atoms with Crippen LogP contribution in [0.15, 0.2) is 94.3 Å². The summed E-state index contributed by atoms with van der Waals surface area (Å²) in [6.45, 7) is 6.30. The van der Waals surface area contributed by atoms with Crippen molar-refractivity contribution in [2.45, 2.75) is 51.6 Å². The molecule has 2 aromatic heterocycles. The predicted molar refractivity (Wildman–Crippen MR) is 208 cm³/mol. The number of nitrogens with zero attached hydrogens (tertiary/aromatic N) is 4. The zero-order valence-corrected chi connectivity index (χ0v) is 32.3. The number of pyridine rings is 1. The standard InChI is InChI=1S/C27H38N2O4.C15H13N3O3/c1-20(2)27(19-28,22-10-12-24(31-5)26(18-22)33-7)14-8-15-29(3)16-13-21-9-11-23(30-4)25(17-21)32-6;19-14(17-9-11-5-3-4-8-16-11)10-18-12-6-1-2-7-13(12)21-15(18)20/h9-12,17-18,20H,8,13-16H2,1-7H3;1-8H,9-10H2,(H,17,19). The number of oxazole rings is 1. The topological polar surface area (TPSA) is 141 Å². The maximum atomic E-state index is 11.9. The van der Waals surface area contributed by atoms with Gasteiger partial charge in [0.05, 0.1) is 57.7 Å². The highest BCUT2D eigenvalue weighted by molar-refractivity contribution is 5.79. The first kappa shape index (κ1) is 41.0. The number of hydrogen-bond acceptors (Lipinski definition) is 10. The van der Waals surface area contributed by atoms with Gasteiger partial charge in [-0.1, -0.05) is 44.2 Å². The molecule has 1 atom stereocenters. The molecular formula is C42H51N5O7. The van der Waals surface area contributed by atoms with Gasteiger partial charge in [-0.15, -0.1) is 0 Å². The quantitative estimate of drug-likeness (QED) is 0.114. The molecule has 5 aromatic rings. The smallest absolute Gasteiger partial charge is 0.420 e. The summed E-state index contributed by atoms with van der Waals surface area (Å²) in [5, 5.41) is 13.0. The van der Waals surface area contributed by atoms with E-state index in [0.29, 0.717) is 29.1 Å². The van der Waals surface area contributed by atoms with Crippen molar-refractivity contribution in [3.8, 4) is 29.1 Å². The third kappa shape index (κ3) is 10.4. The normalized spacial score (nSPS) is 12.0. The molecule has 12 heteroatoms. The average Bonchev–Trinajstić information content (AvgIpc) is 3.51. The third-order valence-corrected chi connectivity index (χ3v) is 9.49. The first-order valence-corrected chi connectivity index (χ1v) is 17.9. The van der Waals surface area contributed by atoms with Crippen molar-refractivity contribution in [3.63, 3.8) is 0 Å². The van der Waals surface area contributed by atoms with Crippen LogP contribution in [-0.2, 0) is 29.7 Å². The van der Waals surface area contributed by atoms with Crippen LogP contribution in [0.5, 0.6) is 23.0 Å².